The van der Waals surface area contributed by atoms with Crippen LogP contribution in [0.5, 0.6) is 0 Å². The summed E-state index contributed by atoms with van der Waals surface area (Å²) in [7, 11) is 0. The summed E-state index contributed by atoms with van der Waals surface area (Å²) in [6, 6.07) is 20.9. The van der Waals surface area contributed by atoms with E-state index in [4.69, 9.17) is 15.0 Å². The van der Waals surface area contributed by atoms with Gasteiger partial charge in [-0.2, -0.15) is 10.4 Å². The van der Waals surface area contributed by atoms with Crippen molar-refractivity contribution in [3.8, 4) is 17.3 Å². The summed E-state index contributed by atoms with van der Waals surface area (Å²) in [6.07, 6.45) is 3.65. The van der Waals surface area contributed by atoms with Crippen molar-refractivity contribution < 1.29 is 14.3 Å². The maximum Gasteiger partial charge on any atom is 0.339 e. The second-order valence-electron chi connectivity index (χ2n) is 8.28. The molecule has 0 atom stereocenters. The maximum atomic E-state index is 13.2. The van der Waals surface area contributed by atoms with Crippen LogP contribution in [-0.4, -0.2) is 37.7 Å². The smallest absolute Gasteiger partial charge is 0.339 e. The fraction of sp³-hybridized carbons (Fsp3) is 0.179. The summed E-state index contributed by atoms with van der Waals surface area (Å²) in [5, 5.41) is 14.6. The molecule has 3 heterocycles. The van der Waals surface area contributed by atoms with E-state index in [1.165, 1.54) is 0 Å². The number of esters is 1. The number of aromatic nitrogens is 4. The van der Waals surface area contributed by atoms with Crippen molar-refractivity contribution in [2.75, 3.05) is 6.61 Å². The lowest BCUT2D eigenvalue weighted by Crippen LogP contribution is -2.15. The molecule has 0 aliphatic heterocycles. The number of para-hydroxylation sites is 1. The first kappa shape index (κ1) is 23.0. The molecule has 2 aromatic carbocycles. The number of nitriles is 1. The number of nitrogens with zero attached hydrogens (tertiary/aromatic N) is 5. The summed E-state index contributed by atoms with van der Waals surface area (Å²) in [5.74, 6) is -0.926. The number of hydrogen-bond donors (Lipinski definition) is 0. The molecule has 0 bridgehead atoms. The van der Waals surface area contributed by atoms with Crippen LogP contribution in [-0.2, 0) is 17.8 Å². The Bertz CT molecular complexity index is 1630. The summed E-state index contributed by atoms with van der Waals surface area (Å²) in [5.41, 5.74) is 3.69. The Labute approximate surface area is 207 Å². The van der Waals surface area contributed by atoms with E-state index in [1.807, 2.05) is 66.1 Å². The van der Waals surface area contributed by atoms with Gasteiger partial charge in [0.2, 0.25) is 5.78 Å². The van der Waals surface area contributed by atoms with Gasteiger partial charge in [-0.15, -0.1) is 0 Å². The van der Waals surface area contributed by atoms with Gasteiger partial charge < -0.3 is 9.30 Å². The van der Waals surface area contributed by atoms with Crippen LogP contribution in [0, 0.1) is 11.3 Å². The molecule has 0 aliphatic carbocycles. The van der Waals surface area contributed by atoms with Gasteiger partial charge in [0.15, 0.2) is 12.3 Å². The minimum absolute atomic E-state index is 0.308. The van der Waals surface area contributed by atoms with Crippen LogP contribution in [0.2, 0.25) is 0 Å². The predicted octanol–water partition coefficient (Wildman–Crippen LogP) is 5.03. The fourth-order valence-electron chi connectivity index (χ4n) is 4.32. The molecule has 8 heteroatoms. The summed E-state index contributed by atoms with van der Waals surface area (Å²) in [4.78, 5) is 31.0. The molecule has 0 aliphatic rings. The molecule has 0 spiro atoms. The molecule has 0 radical (unpaired) electrons. The van der Waals surface area contributed by atoms with Gasteiger partial charge in [-0.1, -0.05) is 48.5 Å². The first-order valence-electron chi connectivity index (χ1n) is 11.7. The van der Waals surface area contributed by atoms with E-state index in [1.54, 1.807) is 23.1 Å². The summed E-state index contributed by atoms with van der Waals surface area (Å²) < 4.78 is 9.11. The van der Waals surface area contributed by atoms with Gasteiger partial charge in [-0.25, -0.2) is 14.5 Å². The van der Waals surface area contributed by atoms with E-state index >= 15 is 0 Å². The first-order chi connectivity index (χ1) is 17.6. The second kappa shape index (κ2) is 9.84. The highest BCUT2D eigenvalue weighted by Crippen LogP contribution is 2.26. The van der Waals surface area contributed by atoms with Crippen molar-refractivity contribution in [3.63, 3.8) is 0 Å². The number of hydrogen-bond acceptors (Lipinski definition) is 6. The third-order valence-electron chi connectivity index (χ3n) is 6.09. The van der Waals surface area contributed by atoms with Crippen LogP contribution in [0.25, 0.3) is 33.2 Å². The predicted molar refractivity (Wildman–Crippen MR) is 135 cm³/mol. The molecule has 0 saturated heterocycles. The Morgan fingerprint density at radius 3 is 2.58 bits per heavy atom. The van der Waals surface area contributed by atoms with Gasteiger partial charge in [0.25, 0.3) is 0 Å². The van der Waals surface area contributed by atoms with Gasteiger partial charge in [0, 0.05) is 41.3 Å². The SMILES string of the molecule is CCn1ncc2c(C(=O)OCC(=O)c3cn(CCC#N)c4ccccc34)cc(-c3ccccc3)nc21. The average Bonchev–Trinajstić information content (AvgIpc) is 3.51. The quantitative estimate of drug-likeness (QED) is 0.229. The highest BCUT2D eigenvalue weighted by Gasteiger charge is 2.21. The van der Waals surface area contributed by atoms with E-state index in [0.29, 0.717) is 47.4 Å². The van der Waals surface area contributed by atoms with Crippen molar-refractivity contribution >= 4 is 33.7 Å². The van der Waals surface area contributed by atoms with Gasteiger partial charge >= 0.3 is 5.97 Å². The maximum absolute atomic E-state index is 13.2. The summed E-state index contributed by atoms with van der Waals surface area (Å²) >= 11 is 0. The summed E-state index contributed by atoms with van der Waals surface area (Å²) in [6.45, 7) is 2.62. The number of carbonyl (C=O) groups is 2. The molecular weight excluding hydrogens is 454 g/mol. The number of pyridine rings is 1. The lowest BCUT2D eigenvalue weighted by Gasteiger charge is -2.09. The molecule has 5 rings (SSSR count). The largest absolute Gasteiger partial charge is 0.454 e. The third-order valence-corrected chi connectivity index (χ3v) is 6.09. The van der Waals surface area contributed by atoms with E-state index in [0.717, 1.165) is 16.5 Å². The van der Waals surface area contributed by atoms with Crippen molar-refractivity contribution in [2.24, 2.45) is 0 Å². The third kappa shape index (κ3) is 4.23. The molecule has 0 N–H and O–H groups in total. The van der Waals surface area contributed by atoms with Crippen LogP contribution in [0.15, 0.2) is 73.1 Å². The van der Waals surface area contributed by atoms with Crippen LogP contribution in [0.1, 0.15) is 34.1 Å². The highest BCUT2D eigenvalue weighted by atomic mass is 16.5. The molecule has 0 unspecified atom stereocenters. The number of benzene rings is 2. The minimum Gasteiger partial charge on any atom is -0.454 e. The molecule has 178 valence electrons. The Morgan fingerprint density at radius 2 is 1.81 bits per heavy atom. The van der Waals surface area contributed by atoms with E-state index in [2.05, 4.69) is 11.2 Å². The van der Waals surface area contributed by atoms with Crippen molar-refractivity contribution in [2.45, 2.75) is 26.4 Å². The molecule has 3 aromatic heterocycles. The van der Waals surface area contributed by atoms with Gasteiger partial charge in [0.1, 0.15) is 0 Å². The monoisotopic (exact) mass is 477 g/mol. The highest BCUT2D eigenvalue weighted by molar-refractivity contribution is 6.10. The molecular formula is C28H23N5O3. The Hall–Kier alpha value is -4.77. The molecule has 36 heavy (non-hydrogen) atoms. The Balaban J connectivity index is 1.44. The zero-order valence-electron chi connectivity index (χ0n) is 19.7. The van der Waals surface area contributed by atoms with E-state index in [-0.39, 0.29) is 5.78 Å². The average molecular weight is 478 g/mol. The normalized spacial score (nSPS) is 11.0. The lowest BCUT2D eigenvalue weighted by molar-refractivity contribution is 0.0477. The number of ketones is 1. The van der Waals surface area contributed by atoms with Crippen LogP contribution < -0.4 is 0 Å². The van der Waals surface area contributed by atoms with E-state index in [9.17, 15) is 9.59 Å². The standard InChI is InChI=1S/C28H23N5O3/c1-2-33-27-22(16-30-33)21(15-24(31-27)19-9-4-3-5-10-19)28(35)36-18-26(34)23-17-32(14-8-13-29)25-12-7-6-11-20(23)25/h3-7,9-12,15-17H,2,8,14,18H2,1H3. The lowest BCUT2D eigenvalue weighted by atomic mass is 10.1. The number of rotatable bonds is 8. The number of carbonyl (C=O) groups excluding carboxylic acids is 2. The number of ether oxygens (including phenoxy) is 1. The number of Topliss-reactive ketones (excluding diaryl/α,β-unsaturated/α-hetero) is 1. The Morgan fingerprint density at radius 1 is 1.03 bits per heavy atom. The van der Waals surface area contributed by atoms with Gasteiger partial charge in [-0.3, -0.25) is 4.79 Å². The van der Waals surface area contributed by atoms with E-state index < -0.39 is 12.6 Å². The second-order valence-corrected chi connectivity index (χ2v) is 8.28. The molecule has 5 aromatic rings. The van der Waals surface area contributed by atoms with Gasteiger partial charge in [0.05, 0.1) is 35.3 Å². The van der Waals surface area contributed by atoms with Crippen LogP contribution >= 0.6 is 0 Å². The topological polar surface area (TPSA) is 103 Å². The Kier molecular flexibility index (Phi) is 6.29. The molecule has 0 fully saturated rings. The van der Waals surface area contributed by atoms with Crippen molar-refractivity contribution in [3.05, 3.63) is 84.2 Å². The minimum atomic E-state index is -0.614. The van der Waals surface area contributed by atoms with Crippen LogP contribution in [0.3, 0.4) is 0 Å². The van der Waals surface area contributed by atoms with Crippen LogP contribution in [0.4, 0.5) is 0 Å². The molecule has 8 nitrogen and oxygen atoms in total. The molecule has 0 amide bonds. The molecule has 0 saturated carbocycles. The first-order valence-corrected chi connectivity index (χ1v) is 11.7. The zero-order chi connectivity index (χ0) is 25.1. The number of fused-ring (bicyclic) bond motifs is 2. The van der Waals surface area contributed by atoms with Crippen molar-refractivity contribution in [1.29, 1.82) is 5.26 Å². The zero-order valence-corrected chi connectivity index (χ0v) is 19.7. The number of aryl methyl sites for hydroxylation is 2. The fourth-order valence-corrected chi connectivity index (χ4v) is 4.32. The van der Waals surface area contributed by atoms with Crippen molar-refractivity contribution in [1.82, 2.24) is 19.3 Å². The van der Waals surface area contributed by atoms with Gasteiger partial charge in [-0.05, 0) is 19.1 Å².